The van der Waals surface area contributed by atoms with Crippen LogP contribution < -0.4 is 0 Å². The van der Waals surface area contributed by atoms with Gasteiger partial charge in [-0.05, 0) is 31.0 Å². The second-order valence-corrected chi connectivity index (χ2v) is 6.82. The summed E-state index contributed by atoms with van der Waals surface area (Å²) in [5, 5.41) is 4.13. The Morgan fingerprint density at radius 2 is 2.04 bits per heavy atom. The van der Waals surface area contributed by atoms with Gasteiger partial charge in [0.25, 0.3) is 0 Å². The number of aryl methyl sites for hydroxylation is 1. The number of imidazole rings is 1. The Morgan fingerprint density at radius 3 is 2.77 bits per heavy atom. The van der Waals surface area contributed by atoms with Crippen molar-refractivity contribution in [2.45, 2.75) is 32.4 Å². The van der Waals surface area contributed by atoms with Gasteiger partial charge in [0.2, 0.25) is 5.91 Å². The lowest BCUT2D eigenvalue weighted by Gasteiger charge is -2.31. The molecule has 1 aromatic carbocycles. The van der Waals surface area contributed by atoms with Crippen LogP contribution in [0.3, 0.4) is 0 Å². The number of fused-ring (bicyclic) bond motifs is 1. The first-order valence-corrected chi connectivity index (χ1v) is 8.84. The molecule has 0 N–H and O–H groups in total. The Bertz CT molecular complexity index is 883. The third kappa shape index (κ3) is 3.00. The summed E-state index contributed by atoms with van der Waals surface area (Å²) in [6.45, 7) is 2.93. The maximum Gasteiger partial charge on any atom is 0.226 e. The molecule has 26 heavy (non-hydrogen) atoms. The molecule has 7 heteroatoms. The van der Waals surface area contributed by atoms with E-state index in [0.717, 1.165) is 36.3 Å². The van der Waals surface area contributed by atoms with Gasteiger partial charge < -0.3 is 9.47 Å². The highest BCUT2D eigenvalue weighted by molar-refractivity contribution is 5.79. The van der Waals surface area contributed by atoms with Crippen LogP contribution in [0.4, 0.5) is 0 Å². The summed E-state index contributed by atoms with van der Waals surface area (Å²) in [5.74, 6) is 0.228. The van der Waals surface area contributed by atoms with Gasteiger partial charge in [0.05, 0.1) is 18.1 Å². The lowest BCUT2D eigenvalue weighted by molar-refractivity contribution is -0.136. The Hall–Kier alpha value is -2.96. The van der Waals surface area contributed by atoms with Gasteiger partial charge in [-0.15, -0.1) is 0 Å². The van der Waals surface area contributed by atoms with Crippen LogP contribution in [0.25, 0.3) is 5.69 Å². The van der Waals surface area contributed by atoms with Gasteiger partial charge in [-0.25, -0.2) is 14.6 Å². The largest absolute Gasteiger partial charge is 0.339 e. The van der Waals surface area contributed by atoms with Crippen molar-refractivity contribution < 1.29 is 4.79 Å². The minimum Gasteiger partial charge on any atom is -0.339 e. The average Bonchev–Trinajstić information content (AvgIpc) is 3.37. The Morgan fingerprint density at radius 1 is 1.23 bits per heavy atom. The summed E-state index contributed by atoms with van der Waals surface area (Å²) in [4.78, 5) is 23.0. The molecule has 4 rings (SSSR count). The first-order chi connectivity index (χ1) is 12.6. The summed E-state index contributed by atoms with van der Waals surface area (Å²) in [7, 11) is 1.89. The number of nitrogens with zero attached hydrogens (tertiary/aromatic N) is 6. The quantitative estimate of drug-likeness (QED) is 0.724. The highest BCUT2D eigenvalue weighted by Gasteiger charge is 2.29. The van der Waals surface area contributed by atoms with Crippen LogP contribution in [0, 0.1) is 5.92 Å². The van der Waals surface area contributed by atoms with Crippen molar-refractivity contribution in [3.63, 3.8) is 0 Å². The minimum atomic E-state index is 0.0131. The van der Waals surface area contributed by atoms with Crippen molar-refractivity contribution in [2.24, 2.45) is 5.92 Å². The zero-order valence-corrected chi connectivity index (χ0v) is 15.0. The SMILES string of the molecule is C[C@H](c1ccc(-n2cncn2)cc1)N(C)C(=O)[C@H]1CCn2cncc2C1. The van der Waals surface area contributed by atoms with Crippen molar-refractivity contribution >= 4 is 5.91 Å². The molecule has 1 aliphatic rings. The van der Waals surface area contributed by atoms with Gasteiger partial charge in [0, 0.05) is 37.8 Å². The van der Waals surface area contributed by atoms with E-state index >= 15 is 0 Å². The summed E-state index contributed by atoms with van der Waals surface area (Å²) >= 11 is 0. The maximum absolute atomic E-state index is 13.0. The molecule has 3 heterocycles. The zero-order chi connectivity index (χ0) is 18.1. The molecule has 0 radical (unpaired) electrons. The van der Waals surface area contributed by atoms with Crippen molar-refractivity contribution in [3.8, 4) is 5.69 Å². The van der Waals surface area contributed by atoms with E-state index in [1.165, 1.54) is 6.33 Å². The third-order valence-electron chi connectivity index (χ3n) is 5.31. The van der Waals surface area contributed by atoms with Crippen LogP contribution in [-0.2, 0) is 17.8 Å². The first kappa shape index (κ1) is 16.5. The number of benzene rings is 1. The Labute approximate surface area is 152 Å². The molecule has 0 saturated carbocycles. The van der Waals surface area contributed by atoms with Crippen LogP contribution in [0.2, 0.25) is 0 Å². The lowest BCUT2D eigenvalue weighted by Crippen LogP contribution is -2.38. The molecule has 1 amide bonds. The summed E-state index contributed by atoms with van der Waals surface area (Å²) in [6, 6.07) is 8.10. The lowest BCUT2D eigenvalue weighted by atomic mass is 9.94. The fourth-order valence-corrected chi connectivity index (χ4v) is 3.53. The average molecular weight is 350 g/mol. The number of hydrogen-bond donors (Lipinski definition) is 0. The molecular formula is C19H22N6O. The molecule has 7 nitrogen and oxygen atoms in total. The molecule has 0 fully saturated rings. The van der Waals surface area contributed by atoms with Crippen molar-refractivity contribution in [1.29, 1.82) is 0 Å². The monoisotopic (exact) mass is 350 g/mol. The minimum absolute atomic E-state index is 0.0131. The van der Waals surface area contributed by atoms with Crippen LogP contribution in [0.5, 0.6) is 0 Å². The van der Waals surface area contributed by atoms with Gasteiger partial charge in [0.1, 0.15) is 12.7 Å². The van der Waals surface area contributed by atoms with E-state index < -0.39 is 0 Å². The highest BCUT2D eigenvalue weighted by atomic mass is 16.2. The molecule has 2 atom stereocenters. The van der Waals surface area contributed by atoms with E-state index in [2.05, 4.69) is 26.6 Å². The molecule has 0 unspecified atom stereocenters. The fourth-order valence-electron chi connectivity index (χ4n) is 3.53. The molecule has 0 bridgehead atoms. The van der Waals surface area contributed by atoms with E-state index in [1.807, 2.05) is 48.7 Å². The zero-order valence-electron chi connectivity index (χ0n) is 15.0. The fraction of sp³-hybridized carbons (Fsp3) is 0.368. The van der Waals surface area contributed by atoms with Crippen molar-refractivity contribution in [2.75, 3.05) is 7.05 Å². The molecule has 0 aliphatic carbocycles. The third-order valence-corrected chi connectivity index (χ3v) is 5.31. The Kier molecular flexibility index (Phi) is 4.28. The Balaban J connectivity index is 1.45. The van der Waals surface area contributed by atoms with Gasteiger partial charge >= 0.3 is 0 Å². The van der Waals surface area contributed by atoms with Crippen LogP contribution in [0.15, 0.2) is 49.4 Å². The molecule has 2 aromatic heterocycles. The second-order valence-electron chi connectivity index (χ2n) is 6.82. The van der Waals surface area contributed by atoms with Gasteiger partial charge in [-0.3, -0.25) is 4.79 Å². The predicted molar refractivity (Wildman–Crippen MR) is 96.6 cm³/mol. The van der Waals surface area contributed by atoms with Gasteiger partial charge in [0.15, 0.2) is 0 Å². The maximum atomic E-state index is 13.0. The van der Waals surface area contributed by atoms with Crippen LogP contribution >= 0.6 is 0 Å². The predicted octanol–water partition coefficient (Wildman–Crippen LogP) is 2.25. The van der Waals surface area contributed by atoms with E-state index in [4.69, 9.17) is 0 Å². The molecule has 1 aliphatic heterocycles. The molecule has 0 saturated heterocycles. The first-order valence-electron chi connectivity index (χ1n) is 8.84. The topological polar surface area (TPSA) is 68.8 Å². The summed E-state index contributed by atoms with van der Waals surface area (Å²) in [5.41, 5.74) is 3.20. The smallest absolute Gasteiger partial charge is 0.226 e. The van der Waals surface area contributed by atoms with E-state index in [9.17, 15) is 4.79 Å². The van der Waals surface area contributed by atoms with Crippen molar-refractivity contribution in [3.05, 3.63) is 60.7 Å². The number of carbonyl (C=O) groups excluding carboxylic acids is 1. The molecule has 134 valence electrons. The van der Waals surface area contributed by atoms with E-state index in [-0.39, 0.29) is 17.9 Å². The van der Waals surface area contributed by atoms with Crippen LogP contribution in [0.1, 0.15) is 30.6 Å². The van der Waals surface area contributed by atoms with Crippen molar-refractivity contribution in [1.82, 2.24) is 29.2 Å². The highest BCUT2D eigenvalue weighted by Crippen LogP contribution is 2.26. The number of amides is 1. The second kappa shape index (κ2) is 6.74. The summed E-state index contributed by atoms with van der Waals surface area (Å²) < 4.78 is 3.85. The standard InChI is InChI=1S/C19H22N6O/c1-14(15-3-5-17(6-4-15)25-13-21-11-22-25)23(2)19(26)16-7-8-24-12-20-10-18(24)9-16/h3-6,10-14,16H,7-9H2,1-2H3/t14-,16+/m1/s1. The number of rotatable bonds is 4. The molecule has 3 aromatic rings. The summed E-state index contributed by atoms with van der Waals surface area (Å²) in [6.07, 6.45) is 8.53. The number of carbonyl (C=O) groups is 1. The number of aromatic nitrogens is 5. The molecule has 0 spiro atoms. The van der Waals surface area contributed by atoms with E-state index in [1.54, 1.807) is 11.0 Å². The number of hydrogen-bond acceptors (Lipinski definition) is 4. The van der Waals surface area contributed by atoms with E-state index in [0.29, 0.717) is 0 Å². The van der Waals surface area contributed by atoms with Gasteiger partial charge in [-0.1, -0.05) is 12.1 Å². The van der Waals surface area contributed by atoms with Crippen LogP contribution in [-0.4, -0.2) is 42.2 Å². The molecular weight excluding hydrogens is 328 g/mol. The van der Waals surface area contributed by atoms with Gasteiger partial charge in [-0.2, -0.15) is 5.10 Å². The normalized spacial score (nSPS) is 17.5.